The number of aromatic nitrogens is 5. The summed E-state index contributed by atoms with van der Waals surface area (Å²) in [5.41, 5.74) is 8.67. The van der Waals surface area contributed by atoms with Crippen molar-refractivity contribution in [3.05, 3.63) is 53.2 Å². The molecule has 4 aromatic heterocycles. The molecule has 5 heterocycles. The molecule has 1 unspecified atom stereocenters. The number of carboxylic acid groups (broad SMARTS) is 2. The Hall–Kier alpha value is -4.81. The highest BCUT2D eigenvalue weighted by Crippen LogP contribution is 2.38. The van der Waals surface area contributed by atoms with Gasteiger partial charge in [-0.05, 0) is 30.9 Å². The molecule has 13 nitrogen and oxygen atoms in total. The fourth-order valence-corrected chi connectivity index (χ4v) is 4.73. The number of nitrogens with zero attached hydrogens (tertiary/aromatic N) is 6. The van der Waals surface area contributed by atoms with Gasteiger partial charge in [-0.2, -0.15) is 26.3 Å². The lowest BCUT2D eigenvalue weighted by molar-refractivity contribution is -0.193. The highest BCUT2D eigenvalue weighted by Gasteiger charge is 2.39. The molecule has 0 bridgehead atoms. The highest BCUT2D eigenvalue weighted by molar-refractivity contribution is 6.34. The molecule has 4 aromatic rings. The second kappa shape index (κ2) is 13.3. The van der Waals surface area contributed by atoms with Crippen LogP contribution in [0.5, 0.6) is 0 Å². The first-order chi connectivity index (χ1) is 21.1. The fraction of sp³-hybridized carbons (Fsp3) is 0.385. The second-order valence-corrected chi connectivity index (χ2v) is 11.1. The van der Waals surface area contributed by atoms with Crippen LogP contribution >= 0.6 is 11.6 Å². The van der Waals surface area contributed by atoms with Crippen molar-refractivity contribution in [2.45, 2.75) is 45.6 Å². The van der Waals surface area contributed by atoms with Gasteiger partial charge in [-0.25, -0.2) is 24.1 Å². The average Bonchev–Trinajstić information content (AvgIpc) is 3.64. The van der Waals surface area contributed by atoms with E-state index in [0.29, 0.717) is 10.7 Å². The Morgan fingerprint density at radius 1 is 1.11 bits per heavy atom. The minimum absolute atomic E-state index is 0.137. The minimum atomic E-state index is -5.08. The number of nitrogens with one attached hydrogen (secondary N) is 1. The lowest BCUT2D eigenvalue weighted by Crippen LogP contribution is -2.31. The third kappa shape index (κ3) is 8.26. The number of halogens is 7. The predicted molar refractivity (Wildman–Crippen MR) is 151 cm³/mol. The number of imidazole rings is 1. The summed E-state index contributed by atoms with van der Waals surface area (Å²) >= 11 is 6.59. The summed E-state index contributed by atoms with van der Waals surface area (Å²) in [6, 6.07) is 3.31. The van der Waals surface area contributed by atoms with Crippen molar-refractivity contribution in [2.75, 3.05) is 23.7 Å². The quantitative estimate of drug-likeness (QED) is 0.222. The molecule has 46 heavy (non-hydrogen) atoms. The van der Waals surface area contributed by atoms with Crippen molar-refractivity contribution in [1.29, 1.82) is 0 Å². The number of alkyl halides is 6. The number of aliphatic carboxylic acids is 2. The van der Waals surface area contributed by atoms with Gasteiger partial charge in [0, 0.05) is 31.0 Å². The molecule has 0 aromatic carbocycles. The molecule has 0 radical (unpaired) electrons. The number of hydrogen-bond donors (Lipinski definition) is 4. The van der Waals surface area contributed by atoms with E-state index in [2.05, 4.69) is 39.1 Å². The number of nitrogens with two attached hydrogens (primary N) is 1. The lowest BCUT2D eigenvalue weighted by Gasteiger charge is -2.28. The number of pyridine rings is 1. The van der Waals surface area contributed by atoms with Gasteiger partial charge in [-0.1, -0.05) is 25.4 Å². The van der Waals surface area contributed by atoms with Crippen LogP contribution < -0.4 is 16.0 Å². The van der Waals surface area contributed by atoms with Gasteiger partial charge in [0.15, 0.2) is 11.5 Å². The Kier molecular flexibility index (Phi) is 10.3. The van der Waals surface area contributed by atoms with Crippen LogP contribution in [0.1, 0.15) is 49.2 Å². The largest absolute Gasteiger partial charge is 0.490 e. The first-order valence-corrected chi connectivity index (χ1v) is 13.4. The van der Waals surface area contributed by atoms with Gasteiger partial charge in [-0.3, -0.25) is 9.20 Å². The zero-order valence-electron chi connectivity index (χ0n) is 24.2. The zero-order valence-corrected chi connectivity index (χ0v) is 24.9. The van der Waals surface area contributed by atoms with E-state index in [0.717, 1.165) is 36.4 Å². The molecule has 20 heteroatoms. The van der Waals surface area contributed by atoms with E-state index >= 15 is 0 Å². The number of amides is 1. The van der Waals surface area contributed by atoms with Crippen LogP contribution in [0.3, 0.4) is 0 Å². The van der Waals surface area contributed by atoms with E-state index in [9.17, 15) is 31.1 Å². The second-order valence-electron chi connectivity index (χ2n) is 10.7. The van der Waals surface area contributed by atoms with Crippen molar-refractivity contribution in [3.63, 3.8) is 0 Å². The van der Waals surface area contributed by atoms with Crippen LogP contribution in [0.4, 0.5) is 38.0 Å². The van der Waals surface area contributed by atoms with E-state index < -0.39 is 24.3 Å². The monoisotopic (exact) mass is 680 g/mol. The van der Waals surface area contributed by atoms with Crippen molar-refractivity contribution in [1.82, 2.24) is 29.3 Å². The van der Waals surface area contributed by atoms with Gasteiger partial charge in [-0.15, -0.1) is 5.10 Å². The molecule has 0 aliphatic carbocycles. The zero-order chi connectivity index (χ0) is 34.8. The maximum Gasteiger partial charge on any atom is 0.490 e. The molecule has 1 aliphatic rings. The Labute approximate surface area is 260 Å². The van der Waals surface area contributed by atoms with E-state index in [1.807, 2.05) is 17.4 Å². The number of hydrogen-bond acceptors (Lipinski definition) is 8. The summed E-state index contributed by atoms with van der Waals surface area (Å²) in [4.78, 5) is 41.9. The maximum absolute atomic E-state index is 13.2. The third-order valence-corrected chi connectivity index (χ3v) is 6.88. The van der Waals surface area contributed by atoms with Crippen LogP contribution in [0, 0.1) is 5.41 Å². The highest BCUT2D eigenvalue weighted by atomic mass is 35.5. The van der Waals surface area contributed by atoms with Gasteiger partial charge in [0.25, 0.3) is 5.91 Å². The number of rotatable bonds is 4. The van der Waals surface area contributed by atoms with E-state index in [4.69, 9.17) is 37.1 Å². The van der Waals surface area contributed by atoms with Crippen molar-refractivity contribution in [2.24, 2.45) is 5.41 Å². The van der Waals surface area contributed by atoms with Crippen molar-refractivity contribution < 1.29 is 50.9 Å². The molecule has 0 saturated carbocycles. The van der Waals surface area contributed by atoms with E-state index in [1.165, 1.54) is 4.52 Å². The first-order valence-electron chi connectivity index (χ1n) is 13.0. The minimum Gasteiger partial charge on any atom is -0.475 e. The number of carbonyl (C=O) groups excluding carboxylic acids is 1. The van der Waals surface area contributed by atoms with E-state index in [-0.39, 0.29) is 28.7 Å². The maximum atomic E-state index is 13.2. The Bertz CT molecular complexity index is 1730. The summed E-state index contributed by atoms with van der Waals surface area (Å²) in [5, 5.41) is 22.1. The Morgan fingerprint density at radius 2 is 1.70 bits per heavy atom. The summed E-state index contributed by atoms with van der Waals surface area (Å²) in [7, 11) is 0. The summed E-state index contributed by atoms with van der Waals surface area (Å²) in [5.74, 6) is -4.72. The third-order valence-electron chi connectivity index (χ3n) is 6.58. The van der Waals surface area contributed by atoms with Crippen molar-refractivity contribution >= 4 is 52.2 Å². The number of anilines is 2. The predicted octanol–water partition coefficient (Wildman–Crippen LogP) is 4.61. The van der Waals surface area contributed by atoms with Crippen LogP contribution in [0.2, 0.25) is 5.02 Å². The molecule has 1 fully saturated rings. The summed E-state index contributed by atoms with van der Waals surface area (Å²) < 4.78 is 67.0. The smallest absolute Gasteiger partial charge is 0.475 e. The van der Waals surface area contributed by atoms with Gasteiger partial charge in [0.2, 0.25) is 0 Å². The average molecular weight is 681 g/mol. The Balaban J connectivity index is 0.000000345. The topological polar surface area (TPSA) is 180 Å². The summed E-state index contributed by atoms with van der Waals surface area (Å²) in [6.07, 6.45) is -2.25. The van der Waals surface area contributed by atoms with Gasteiger partial charge < -0.3 is 26.2 Å². The molecule has 1 atom stereocenters. The molecule has 5 rings (SSSR count). The first kappa shape index (κ1) is 35.7. The number of carbonyl (C=O) groups is 3. The molecule has 5 N–H and O–H groups in total. The molecule has 1 saturated heterocycles. The van der Waals surface area contributed by atoms with Gasteiger partial charge in [0.05, 0.1) is 22.8 Å². The van der Waals surface area contributed by atoms with Gasteiger partial charge in [0.1, 0.15) is 17.7 Å². The van der Waals surface area contributed by atoms with E-state index in [1.54, 1.807) is 31.0 Å². The molecular weight excluding hydrogens is 654 g/mol. The number of nitrogen functional groups attached to an aromatic ring is 1. The molecule has 250 valence electrons. The number of carboxylic acids is 2. The summed E-state index contributed by atoms with van der Waals surface area (Å²) in [6.45, 7) is 8.28. The molecule has 1 aliphatic heterocycles. The molecular formula is C26H27ClF6N8O5. The van der Waals surface area contributed by atoms with Crippen LogP contribution in [0.15, 0.2) is 37.1 Å². The van der Waals surface area contributed by atoms with Crippen LogP contribution in [-0.4, -0.2) is 77.5 Å². The lowest BCUT2D eigenvalue weighted by atomic mass is 9.93. The normalized spacial score (nSPS) is 15.0. The molecule has 0 spiro atoms. The van der Waals surface area contributed by atoms with Crippen LogP contribution in [-0.2, 0) is 9.59 Å². The molecule has 1 amide bonds. The standard InChI is InChI=1S/C22H25ClN8O.2C2HF3O2/c1-13(27-20(32)17-18(24)28-31-7-4-6-26-19(17)31)14-9-15(23)16-10-25-12-30(16)21(14)29-8-5-22(2,3)11-29;2*3-2(4,5)1(6)7/h4,6-7,9-10,12-13H,5,8,11H2,1-3H3,(H2,24,28)(H,27,32);2*(H,6,7). The SMILES string of the molecule is CC(NC(=O)c1c(N)nn2cccnc12)c1cc(Cl)c2cncn2c1N1CCC(C)(C)C1.O=C(O)C(F)(F)F.O=C(O)C(F)(F)F. The van der Waals surface area contributed by atoms with Crippen LogP contribution in [0.25, 0.3) is 11.2 Å². The number of fused-ring (bicyclic) bond motifs is 2. The fourth-order valence-electron chi connectivity index (χ4n) is 4.47. The Morgan fingerprint density at radius 3 is 2.22 bits per heavy atom. The van der Waals surface area contributed by atoms with Crippen molar-refractivity contribution in [3.8, 4) is 0 Å². The van der Waals surface area contributed by atoms with Gasteiger partial charge >= 0.3 is 24.3 Å².